The predicted molar refractivity (Wildman–Crippen MR) is 122 cm³/mol. The first kappa shape index (κ1) is 22.6. The summed E-state index contributed by atoms with van der Waals surface area (Å²) in [5.74, 6) is -0.517. The number of hydrogen-bond acceptors (Lipinski definition) is 7. The number of halogens is 3. The van der Waals surface area contributed by atoms with Crippen molar-refractivity contribution in [3.05, 3.63) is 28.2 Å². The van der Waals surface area contributed by atoms with E-state index in [0.29, 0.717) is 65.7 Å². The Kier molecular flexibility index (Phi) is 5.12. The van der Waals surface area contributed by atoms with Gasteiger partial charge in [-0.25, -0.2) is 4.98 Å². The average molecular weight is 477 g/mol. The number of aromatic nitrogens is 5. The van der Waals surface area contributed by atoms with Gasteiger partial charge in [-0.2, -0.15) is 23.3 Å². The minimum atomic E-state index is -4.22. The fourth-order valence-electron chi connectivity index (χ4n) is 5.62. The van der Waals surface area contributed by atoms with Gasteiger partial charge < -0.3 is 16.4 Å². The first-order valence-corrected chi connectivity index (χ1v) is 11.3. The van der Waals surface area contributed by atoms with E-state index in [1.165, 1.54) is 4.57 Å². The number of H-pyrrole nitrogens is 1. The standard InChI is InChI=1S/C22H27F3N8O/c1-11-13(3-4-15(27)28-11)17-16-18(31-30-17)29-20(32(2)19(16)34)33-7-5-21(6-8-33)10-12(9-14(21)26)22(23,24)25/h3-4,12,14H,5-10,26H2,1-2H3,(H2,27,28)(H,30,31)/t12-,14+/m0/s1. The summed E-state index contributed by atoms with van der Waals surface area (Å²) in [6.07, 6.45) is -3.12. The number of anilines is 2. The number of hydrogen-bond donors (Lipinski definition) is 3. The van der Waals surface area contributed by atoms with Crippen molar-refractivity contribution in [1.29, 1.82) is 0 Å². The van der Waals surface area contributed by atoms with E-state index in [1.54, 1.807) is 26.1 Å². The van der Waals surface area contributed by atoms with Crippen LogP contribution < -0.4 is 21.9 Å². The maximum atomic E-state index is 13.3. The molecule has 3 aromatic heterocycles. The van der Waals surface area contributed by atoms with E-state index < -0.39 is 23.6 Å². The van der Waals surface area contributed by atoms with E-state index in [1.807, 2.05) is 4.90 Å². The minimum Gasteiger partial charge on any atom is -0.384 e. The highest BCUT2D eigenvalue weighted by Crippen LogP contribution is 2.52. The second-order valence-corrected chi connectivity index (χ2v) is 9.58. The van der Waals surface area contributed by atoms with Crippen molar-refractivity contribution < 1.29 is 13.2 Å². The molecule has 1 aliphatic heterocycles. The Bertz CT molecular complexity index is 1310. The number of nitrogen functional groups attached to an aromatic ring is 1. The SMILES string of the molecule is Cc1nc(N)ccc1-c1n[nH]c2nc(N3CCC4(CC3)C[C@@H](C(F)(F)F)C[C@H]4N)n(C)c(=O)c12. The fourth-order valence-corrected chi connectivity index (χ4v) is 5.62. The Balaban J connectivity index is 1.44. The van der Waals surface area contributed by atoms with Crippen LogP contribution in [0.3, 0.4) is 0 Å². The van der Waals surface area contributed by atoms with Gasteiger partial charge in [0.2, 0.25) is 5.95 Å². The van der Waals surface area contributed by atoms with Crippen molar-refractivity contribution in [2.75, 3.05) is 23.7 Å². The lowest BCUT2D eigenvalue weighted by Gasteiger charge is -2.42. The number of nitrogens with zero attached hydrogens (tertiary/aromatic N) is 5. The van der Waals surface area contributed by atoms with Crippen LogP contribution in [0, 0.1) is 18.3 Å². The van der Waals surface area contributed by atoms with Crippen LogP contribution in [0.5, 0.6) is 0 Å². The quantitative estimate of drug-likeness (QED) is 0.518. The molecule has 0 amide bonds. The Morgan fingerprint density at radius 3 is 2.53 bits per heavy atom. The molecule has 182 valence electrons. The summed E-state index contributed by atoms with van der Waals surface area (Å²) in [5, 5.41) is 7.52. The molecule has 1 aliphatic carbocycles. The molecular formula is C22H27F3N8O. The molecule has 0 unspecified atom stereocenters. The molecule has 4 heterocycles. The van der Waals surface area contributed by atoms with Crippen molar-refractivity contribution in [2.45, 2.75) is 44.8 Å². The largest absolute Gasteiger partial charge is 0.391 e. The molecular weight excluding hydrogens is 449 g/mol. The van der Waals surface area contributed by atoms with Crippen LogP contribution >= 0.6 is 0 Å². The predicted octanol–water partition coefficient (Wildman–Crippen LogP) is 2.50. The smallest absolute Gasteiger partial charge is 0.384 e. The summed E-state index contributed by atoms with van der Waals surface area (Å²) >= 11 is 0. The lowest BCUT2D eigenvalue weighted by molar-refractivity contribution is -0.174. The molecule has 1 saturated carbocycles. The number of piperidine rings is 1. The lowest BCUT2D eigenvalue weighted by Crippen LogP contribution is -2.48. The normalized spacial score (nSPS) is 22.7. The minimum absolute atomic E-state index is 0.0253. The Morgan fingerprint density at radius 1 is 1.21 bits per heavy atom. The van der Waals surface area contributed by atoms with Crippen molar-refractivity contribution in [2.24, 2.45) is 24.1 Å². The van der Waals surface area contributed by atoms with Crippen LogP contribution in [0.1, 0.15) is 31.4 Å². The monoisotopic (exact) mass is 476 g/mol. The van der Waals surface area contributed by atoms with Crippen molar-refractivity contribution in [3.63, 3.8) is 0 Å². The van der Waals surface area contributed by atoms with Crippen LogP contribution in [0.15, 0.2) is 16.9 Å². The first-order chi connectivity index (χ1) is 16.0. The highest BCUT2D eigenvalue weighted by Gasteiger charge is 2.55. The number of pyridine rings is 1. The van der Waals surface area contributed by atoms with E-state index in [4.69, 9.17) is 11.5 Å². The summed E-state index contributed by atoms with van der Waals surface area (Å²) in [5.41, 5.74) is 13.3. The molecule has 2 atom stereocenters. The van der Waals surface area contributed by atoms with Crippen molar-refractivity contribution in [3.8, 4) is 11.3 Å². The van der Waals surface area contributed by atoms with Crippen LogP contribution in [-0.2, 0) is 7.05 Å². The molecule has 1 saturated heterocycles. The van der Waals surface area contributed by atoms with E-state index in [9.17, 15) is 18.0 Å². The molecule has 12 heteroatoms. The zero-order valence-electron chi connectivity index (χ0n) is 19.0. The van der Waals surface area contributed by atoms with Gasteiger partial charge in [-0.15, -0.1) is 0 Å². The van der Waals surface area contributed by atoms with Gasteiger partial charge in [0, 0.05) is 37.4 Å². The van der Waals surface area contributed by atoms with Crippen LogP contribution in [-0.4, -0.2) is 50.0 Å². The molecule has 34 heavy (non-hydrogen) atoms. The van der Waals surface area contributed by atoms with Gasteiger partial charge in [-0.1, -0.05) is 0 Å². The Hall–Kier alpha value is -3.15. The number of aryl methyl sites for hydroxylation is 1. The average Bonchev–Trinajstić information content (AvgIpc) is 3.33. The lowest BCUT2D eigenvalue weighted by atomic mass is 9.74. The summed E-state index contributed by atoms with van der Waals surface area (Å²) in [7, 11) is 1.64. The molecule has 0 bridgehead atoms. The molecule has 9 nitrogen and oxygen atoms in total. The van der Waals surface area contributed by atoms with Gasteiger partial charge in [0.05, 0.1) is 5.92 Å². The second-order valence-electron chi connectivity index (χ2n) is 9.58. The first-order valence-electron chi connectivity index (χ1n) is 11.3. The third kappa shape index (κ3) is 3.51. The van der Waals surface area contributed by atoms with Crippen LogP contribution in [0.4, 0.5) is 24.9 Å². The van der Waals surface area contributed by atoms with Crippen LogP contribution in [0.2, 0.25) is 0 Å². The Labute approximate surface area is 193 Å². The third-order valence-electron chi connectivity index (χ3n) is 7.62. The molecule has 3 aromatic rings. The summed E-state index contributed by atoms with van der Waals surface area (Å²) in [6, 6.07) is 2.94. The van der Waals surface area contributed by atoms with Crippen molar-refractivity contribution in [1.82, 2.24) is 24.7 Å². The second kappa shape index (κ2) is 7.69. The van der Waals surface area contributed by atoms with Gasteiger partial charge in [0.15, 0.2) is 5.65 Å². The van der Waals surface area contributed by atoms with E-state index in [-0.39, 0.29) is 18.4 Å². The molecule has 1 spiro atoms. The summed E-state index contributed by atoms with van der Waals surface area (Å²) in [4.78, 5) is 24.2. The zero-order chi connectivity index (χ0) is 24.4. The summed E-state index contributed by atoms with van der Waals surface area (Å²) < 4.78 is 41.4. The molecule has 2 fully saturated rings. The van der Waals surface area contributed by atoms with Crippen molar-refractivity contribution >= 4 is 22.8 Å². The number of rotatable bonds is 2. The number of nitrogens with two attached hydrogens (primary N) is 2. The maximum Gasteiger partial charge on any atom is 0.391 e. The molecule has 5 rings (SSSR count). The number of alkyl halides is 3. The highest BCUT2D eigenvalue weighted by atomic mass is 19.4. The van der Waals surface area contributed by atoms with Gasteiger partial charge in [-0.05, 0) is 50.2 Å². The molecule has 2 aliphatic rings. The summed E-state index contributed by atoms with van der Waals surface area (Å²) in [6.45, 7) is 2.75. The fraction of sp³-hybridized carbons (Fsp3) is 0.545. The molecule has 0 radical (unpaired) electrons. The zero-order valence-corrected chi connectivity index (χ0v) is 19.0. The van der Waals surface area contributed by atoms with Gasteiger partial charge in [0.1, 0.15) is 16.9 Å². The van der Waals surface area contributed by atoms with Gasteiger partial charge >= 0.3 is 6.18 Å². The van der Waals surface area contributed by atoms with Gasteiger partial charge in [0.25, 0.3) is 5.56 Å². The topological polar surface area (TPSA) is 132 Å². The molecule has 0 aromatic carbocycles. The Morgan fingerprint density at radius 2 is 1.91 bits per heavy atom. The van der Waals surface area contributed by atoms with E-state index in [2.05, 4.69) is 20.2 Å². The van der Waals surface area contributed by atoms with E-state index >= 15 is 0 Å². The van der Waals surface area contributed by atoms with E-state index in [0.717, 1.165) is 0 Å². The number of aromatic amines is 1. The maximum absolute atomic E-state index is 13.3. The molecule has 5 N–H and O–H groups in total. The van der Waals surface area contributed by atoms with Crippen LogP contribution in [0.25, 0.3) is 22.3 Å². The number of fused-ring (bicyclic) bond motifs is 1. The van der Waals surface area contributed by atoms with Gasteiger partial charge in [-0.3, -0.25) is 14.5 Å². The third-order valence-corrected chi connectivity index (χ3v) is 7.62. The number of nitrogens with one attached hydrogen (secondary N) is 1. The highest BCUT2D eigenvalue weighted by molar-refractivity contribution is 5.91.